The van der Waals surface area contributed by atoms with E-state index in [9.17, 15) is 18.0 Å². The molecule has 3 atom stereocenters. The summed E-state index contributed by atoms with van der Waals surface area (Å²) in [6, 6.07) is 13.6. The highest BCUT2D eigenvalue weighted by Crippen LogP contribution is 2.46. The van der Waals surface area contributed by atoms with Gasteiger partial charge in [-0.3, -0.25) is 4.79 Å². The van der Waals surface area contributed by atoms with Gasteiger partial charge < -0.3 is 10.6 Å². The molecular weight excluding hydrogens is 441 g/mol. The number of hydrogen-bond acceptors (Lipinski definition) is 3. The van der Waals surface area contributed by atoms with E-state index in [0.717, 1.165) is 15.8 Å². The summed E-state index contributed by atoms with van der Waals surface area (Å²) in [6.45, 7) is 3.69. The monoisotopic (exact) mass is 462 g/mol. The maximum atomic E-state index is 13.9. The molecule has 3 unspecified atom stereocenters. The van der Waals surface area contributed by atoms with Gasteiger partial charge in [0.15, 0.2) is 11.7 Å². The summed E-state index contributed by atoms with van der Waals surface area (Å²) in [4.78, 5) is 12.8. The number of carbonyl (C=O) groups is 1. The van der Waals surface area contributed by atoms with Crippen molar-refractivity contribution < 1.29 is 18.0 Å². The maximum Gasteiger partial charge on any atom is 0.410 e. The topological polar surface area (TPSA) is 59.0 Å². The average molecular weight is 463 g/mol. The first-order valence-electron chi connectivity index (χ1n) is 10.2. The van der Waals surface area contributed by atoms with Crippen molar-refractivity contribution in [2.24, 2.45) is 0 Å². The van der Waals surface area contributed by atoms with Crippen LogP contribution in [0.1, 0.15) is 58.6 Å². The van der Waals surface area contributed by atoms with E-state index in [1.165, 1.54) is 0 Å². The number of halogens is 4. The van der Waals surface area contributed by atoms with Crippen LogP contribution in [-0.2, 0) is 0 Å². The van der Waals surface area contributed by atoms with Crippen LogP contribution in [-0.4, -0.2) is 21.9 Å². The second kappa shape index (κ2) is 8.50. The molecule has 0 aliphatic carbocycles. The van der Waals surface area contributed by atoms with Crippen LogP contribution in [0.2, 0.25) is 5.02 Å². The summed E-state index contributed by atoms with van der Waals surface area (Å²) < 4.78 is 42.5. The molecule has 32 heavy (non-hydrogen) atoms. The minimum atomic E-state index is -4.56. The van der Waals surface area contributed by atoms with Gasteiger partial charge in [-0.15, -0.1) is 0 Å². The molecule has 1 aliphatic heterocycles. The maximum absolute atomic E-state index is 13.9. The molecule has 3 aromatic rings. The molecule has 0 bridgehead atoms. The normalized spacial score (nSPS) is 19.1. The number of carbonyl (C=O) groups excluding carboxylic acids is 1. The van der Waals surface area contributed by atoms with Crippen molar-refractivity contribution in [1.29, 1.82) is 0 Å². The van der Waals surface area contributed by atoms with Crippen molar-refractivity contribution in [3.8, 4) is 0 Å². The Bertz CT molecular complexity index is 1110. The summed E-state index contributed by atoms with van der Waals surface area (Å²) in [5.74, 6) is -0.647. The number of rotatable bonds is 4. The third-order valence-electron chi connectivity index (χ3n) is 5.64. The molecule has 2 heterocycles. The molecule has 1 amide bonds. The first-order valence-corrected chi connectivity index (χ1v) is 10.6. The highest BCUT2D eigenvalue weighted by Gasteiger charge is 2.47. The Morgan fingerprint density at radius 2 is 1.84 bits per heavy atom. The second-order valence-corrected chi connectivity index (χ2v) is 8.34. The number of nitrogens with zero attached hydrogens (tertiary/aromatic N) is 2. The van der Waals surface area contributed by atoms with Crippen LogP contribution in [0.25, 0.3) is 0 Å². The summed E-state index contributed by atoms with van der Waals surface area (Å²) in [6.07, 6.45) is -4.82. The van der Waals surface area contributed by atoms with Crippen LogP contribution < -0.4 is 10.6 Å². The zero-order valence-electron chi connectivity index (χ0n) is 17.4. The molecule has 0 spiro atoms. The standard InChI is InChI=1S/C23H22ClF3N4O/c1-13-8-10-16(11-9-13)17-12-18(23(25,26)27)31-21(29-17)19(24)20(30-31)22(32)28-14(2)15-6-4-3-5-7-15/h3-11,14,17-18,29H,12H2,1-2H3,(H,28,32). The van der Waals surface area contributed by atoms with Crippen LogP contribution >= 0.6 is 11.6 Å². The van der Waals surface area contributed by atoms with Gasteiger partial charge in [0.05, 0.1) is 12.1 Å². The Labute approximate surface area is 188 Å². The molecule has 0 fully saturated rings. The lowest BCUT2D eigenvalue weighted by molar-refractivity contribution is -0.173. The van der Waals surface area contributed by atoms with E-state index < -0.39 is 24.2 Å². The quantitative estimate of drug-likeness (QED) is 0.500. The van der Waals surface area contributed by atoms with Gasteiger partial charge in [0, 0.05) is 6.42 Å². The van der Waals surface area contributed by atoms with Crippen LogP contribution in [0.3, 0.4) is 0 Å². The smallest absolute Gasteiger partial charge is 0.362 e. The number of aromatic nitrogens is 2. The molecule has 1 aliphatic rings. The Morgan fingerprint density at radius 1 is 1.19 bits per heavy atom. The van der Waals surface area contributed by atoms with Crippen molar-refractivity contribution in [2.75, 3.05) is 5.32 Å². The Morgan fingerprint density at radius 3 is 2.47 bits per heavy atom. The van der Waals surface area contributed by atoms with Gasteiger partial charge >= 0.3 is 6.18 Å². The fourth-order valence-electron chi connectivity index (χ4n) is 3.84. The lowest BCUT2D eigenvalue weighted by atomic mass is 9.96. The molecule has 0 radical (unpaired) electrons. The van der Waals surface area contributed by atoms with Crippen LogP contribution in [0.15, 0.2) is 54.6 Å². The van der Waals surface area contributed by atoms with Crippen molar-refractivity contribution in [3.05, 3.63) is 82.0 Å². The van der Waals surface area contributed by atoms with Crippen molar-refractivity contribution >= 4 is 23.3 Å². The lowest BCUT2D eigenvalue weighted by Crippen LogP contribution is -2.36. The van der Waals surface area contributed by atoms with Gasteiger partial charge in [0.2, 0.25) is 0 Å². The second-order valence-electron chi connectivity index (χ2n) is 7.96. The highest BCUT2D eigenvalue weighted by atomic mass is 35.5. The summed E-state index contributed by atoms with van der Waals surface area (Å²) >= 11 is 6.39. The molecule has 0 saturated carbocycles. The minimum absolute atomic E-state index is 0.0108. The number of aryl methyl sites for hydroxylation is 1. The zero-order chi connectivity index (χ0) is 23.0. The first-order chi connectivity index (χ1) is 15.1. The number of anilines is 1. The Balaban J connectivity index is 1.66. The number of amides is 1. The Kier molecular flexibility index (Phi) is 5.90. The van der Waals surface area contributed by atoms with Gasteiger partial charge in [0.25, 0.3) is 5.91 Å². The lowest BCUT2D eigenvalue weighted by Gasteiger charge is -2.33. The number of fused-ring (bicyclic) bond motifs is 1. The van der Waals surface area contributed by atoms with Gasteiger partial charge in [-0.1, -0.05) is 71.8 Å². The molecule has 5 nitrogen and oxygen atoms in total. The molecule has 1 aromatic heterocycles. The molecule has 4 rings (SSSR count). The average Bonchev–Trinajstić information content (AvgIpc) is 3.10. The number of benzene rings is 2. The highest BCUT2D eigenvalue weighted by molar-refractivity contribution is 6.36. The minimum Gasteiger partial charge on any atom is -0.362 e. The Hall–Kier alpha value is -3.00. The zero-order valence-corrected chi connectivity index (χ0v) is 18.2. The number of alkyl halides is 3. The van der Waals surface area contributed by atoms with Gasteiger partial charge in [0.1, 0.15) is 10.8 Å². The SMILES string of the molecule is Cc1ccc(C2CC(C(F)(F)F)n3nc(C(=O)NC(C)c4ccccc4)c(Cl)c3N2)cc1. The van der Waals surface area contributed by atoms with Crippen molar-refractivity contribution in [3.63, 3.8) is 0 Å². The molecule has 2 aromatic carbocycles. The molecular formula is C23H22ClF3N4O. The molecule has 9 heteroatoms. The van der Waals surface area contributed by atoms with E-state index in [1.54, 1.807) is 19.1 Å². The van der Waals surface area contributed by atoms with E-state index >= 15 is 0 Å². The van der Waals surface area contributed by atoms with Crippen molar-refractivity contribution in [1.82, 2.24) is 15.1 Å². The van der Waals surface area contributed by atoms with E-state index in [-0.39, 0.29) is 29.0 Å². The predicted molar refractivity (Wildman–Crippen MR) is 117 cm³/mol. The van der Waals surface area contributed by atoms with E-state index in [0.29, 0.717) is 5.56 Å². The van der Waals surface area contributed by atoms with Crippen LogP contribution in [0.4, 0.5) is 19.0 Å². The molecule has 2 N–H and O–H groups in total. The molecule has 168 valence electrons. The summed E-state index contributed by atoms with van der Waals surface area (Å²) in [7, 11) is 0. The predicted octanol–water partition coefficient (Wildman–Crippen LogP) is 6.00. The fourth-order valence-corrected chi connectivity index (χ4v) is 4.11. The number of hydrogen-bond donors (Lipinski definition) is 2. The van der Waals surface area contributed by atoms with Crippen LogP contribution in [0, 0.1) is 6.92 Å². The fraction of sp³-hybridized carbons (Fsp3) is 0.304. The third-order valence-corrected chi connectivity index (χ3v) is 6.00. The van der Waals surface area contributed by atoms with Gasteiger partial charge in [-0.05, 0) is 25.0 Å². The summed E-state index contributed by atoms with van der Waals surface area (Å²) in [5, 5.41) is 9.66. The van der Waals surface area contributed by atoms with Crippen molar-refractivity contribution in [2.45, 2.75) is 44.6 Å². The number of nitrogens with one attached hydrogen (secondary N) is 2. The van der Waals surface area contributed by atoms with Gasteiger partial charge in [-0.25, -0.2) is 4.68 Å². The van der Waals surface area contributed by atoms with E-state index in [1.807, 2.05) is 49.4 Å². The first kappa shape index (κ1) is 22.2. The van der Waals surface area contributed by atoms with Gasteiger partial charge in [-0.2, -0.15) is 18.3 Å². The van der Waals surface area contributed by atoms with Crippen LogP contribution in [0.5, 0.6) is 0 Å². The van der Waals surface area contributed by atoms with E-state index in [4.69, 9.17) is 11.6 Å². The molecule has 0 saturated heterocycles. The largest absolute Gasteiger partial charge is 0.410 e. The third kappa shape index (κ3) is 4.32. The van der Waals surface area contributed by atoms with E-state index in [2.05, 4.69) is 15.7 Å². The summed E-state index contributed by atoms with van der Waals surface area (Å²) in [5.41, 5.74) is 2.32.